The summed E-state index contributed by atoms with van der Waals surface area (Å²) in [5.41, 5.74) is 1.97. The normalized spacial score (nSPS) is 26.1. The largest absolute Gasteiger partial charge is 0.469 e. The summed E-state index contributed by atoms with van der Waals surface area (Å²) in [5.74, 6) is 0.133. The van der Waals surface area contributed by atoms with Gasteiger partial charge in [0.1, 0.15) is 0 Å². The maximum absolute atomic E-state index is 11.1. The molecule has 2 N–H and O–H groups in total. The summed E-state index contributed by atoms with van der Waals surface area (Å²) in [6.45, 7) is 3.98. The number of alkyl halides is 1. The molecular weight excluding hydrogens is 376 g/mol. The van der Waals surface area contributed by atoms with E-state index >= 15 is 0 Å². The van der Waals surface area contributed by atoms with E-state index in [2.05, 4.69) is 16.9 Å². The van der Waals surface area contributed by atoms with Gasteiger partial charge in [0.15, 0.2) is 0 Å². The van der Waals surface area contributed by atoms with Crippen molar-refractivity contribution in [2.45, 2.75) is 69.5 Å². The maximum atomic E-state index is 11.1. The summed E-state index contributed by atoms with van der Waals surface area (Å²) < 4.78 is 4.64. The second kappa shape index (κ2) is 11.0. The molecule has 1 aliphatic rings. The van der Waals surface area contributed by atoms with Crippen LogP contribution in [-0.2, 0) is 9.53 Å². The van der Waals surface area contributed by atoms with Crippen molar-refractivity contribution in [3.63, 3.8) is 0 Å². The molecule has 1 fully saturated rings. The van der Waals surface area contributed by atoms with Gasteiger partial charge >= 0.3 is 5.97 Å². The zero-order valence-corrected chi connectivity index (χ0v) is 17.8. The fourth-order valence-electron chi connectivity index (χ4n) is 3.96. The Bertz CT molecular complexity index is 641. The van der Waals surface area contributed by atoms with Gasteiger partial charge in [-0.15, -0.1) is 11.6 Å². The van der Waals surface area contributed by atoms with Crippen LogP contribution >= 0.6 is 11.6 Å². The molecule has 0 heterocycles. The molecule has 1 saturated carbocycles. The van der Waals surface area contributed by atoms with Gasteiger partial charge in [-0.25, -0.2) is 0 Å². The molecule has 1 aliphatic carbocycles. The van der Waals surface area contributed by atoms with Crippen LogP contribution in [0.25, 0.3) is 0 Å². The Kier molecular flexibility index (Phi) is 9.00. The number of carbonyl (C=O) groups excluding carboxylic acids is 1. The van der Waals surface area contributed by atoms with Crippen LogP contribution in [0, 0.1) is 11.8 Å². The number of methoxy groups -OCH3 is 1. The molecule has 5 heteroatoms. The number of hydrogen-bond acceptors (Lipinski definition) is 4. The number of rotatable bonds is 9. The third-order valence-electron chi connectivity index (χ3n) is 5.66. The van der Waals surface area contributed by atoms with Crippen LogP contribution in [-0.4, -0.2) is 34.8 Å². The molecule has 0 spiro atoms. The van der Waals surface area contributed by atoms with Gasteiger partial charge in [0, 0.05) is 17.7 Å². The molecule has 2 rings (SSSR count). The van der Waals surface area contributed by atoms with E-state index in [0.29, 0.717) is 12.8 Å². The topological polar surface area (TPSA) is 66.8 Å². The summed E-state index contributed by atoms with van der Waals surface area (Å²) in [6, 6.07) is 7.93. The number of aliphatic hydroxyl groups is 2. The zero-order valence-electron chi connectivity index (χ0n) is 17.1. The van der Waals surface area contributed by atoms with Crippen LogP contribution in [0.3, 0.4) is 0 Å². The number of hydrogen-bond donors (Lipinski definition) is 2. The number of aliphatic hydroxyl groups excluding tert-OH is 2. The fourth-order valence-corrected chi connectivity index (χ4v) is 4.41. The highest BCUT2D eigenvalue weighted by molar-refractivity contribution is 6.21. The lowest BCUT2D eigenvalue weighted by molar-refractivity contribution is -0.140. The number of ether oxygens (including phenoxy) is 1. The monoisotopic (exact) mass is 408 g/mol. The van der Waals surface area contributed by atoms with Crippen molar-refractivity contribution in [3.05, 3.63) is 47.5 Å². The third-order valence-corrected chi connectivity index (χ3v) is 6.16. The van der Waals surface area contributed by atoms with Gasteiger partial charge in [-0.1, -0.05) is 50.3 Å². The Morgan fingerprint density at radius 1 is 1.29 bits per heavy atom. The van der Waals surface area contributed by atoms with Crippen LogP contribution in [0.1, 0.15) is 69.1 Å². The van der Waals surface area contributed by atoms with E-state index in [-0.39, 0.29) is 29.1 Å². The number of carbonyl (C=O) groups is 1. The van der Waals surface area contributed by atoms with Crippen LogP contribution in [0.4, 0.5) is 0 Å². The Morgan fingerprint density at radius 2 is 1.96 bits per heavy atom. The third kappa shape index (κ3) is 6.07. The highest BCUT2D eigenvalue weighted by atomic mass is 35.5. The predicted molar refractivity (Wildman–Crippen MR) is 112 cm³/mol. The van der Waals surface area contributed by atoms with Gasteiger partial charge in [0.25, 0.3) is 0 Å². The van der Waals surface area contributed by atoms with E-state index < -0.39 is 12.2 Å². The summed E-state index contributed by atoms with van der Waals surface area (Å²) >= 11 is 6.55. The minimum absolute atomic E-state index is 0.00698. The van der Waals surface area contributed by atoms with Gasteiger partial charge in [-0.3, -0.25) is 4.79 Å². The van der Waals surface area contributed by atoms with Crippen LogP contribution in [0.15, 0.2) is 36.4 Å². The van der Waals surface area contributed by atoms with Crippen molar-refractivity contribution in [2.75, 3.05) is 7.11 Å². The summed E-state index contributed by atoms with van der Waals surface area (Å²) in [6.07, 6.45) is 6.66. The Morgan fingerprint density at radius 3 is 2.57 bits per heavy atom. The predicted octanol–water partition coefficient (Wildman–Crippen LogP) is 4.74. The smallest absolute Gasteiger partial charge is 0.305 e. The molecule has 0 saturated heterocycles. The summed E-state index contributed by atoms with van der Waals surface area (Å²) in [7, 11) is 1.40. The first-order valence-corrected chi connectivity index (χ1v) is 10.6. The molecule has 0 amide bonds. The van der Waals surface area contributed by atoms with Crippen molar-refractivity contribution < 1.29 is 19.7 Å². The van der Waals surface area contributed by atoms with Crippen LogP contribution < -0.4 is 0 Å². The van der Waals surface area contributed by atoms with Crippen molar-refractivity contribution in [3.8, 4) is 0 Å². The molecule has 0 bridgehead atoms. The van der Waals surface area contributed by atoms with E-state index in [4.69, 9.17) is 11.6 Å². The molecule has 4 nitrogen and oxygen atoms in total. The fraction of sp³-hybridized carbons (Fsp3) is 0.609. The van der Waals surface area contributed by atoms with Crippen LogP contribution in [0.5, 0.6) is 0 Å². The molecular formula is C23H33ClO4. The highest BCUT2D eigenvalue weighted by Gasteiger charge is 2.41. The molecule has 0 aliphatic heterocycles. The maximum Gasteiger partial charge on any atom is 0.305 e. The molecule has 156 valence electrons. The van der Waals surface area contributed by atoms with Crippen molar-refractivity contribution >= 4 is 17.6 Å². The standard InChI is InChI=1S/C23H33ClO4/c1-15(2)23(27)17-12-10-16(11-13-17)22-18(19(24)14-20(22)25)8-6-4-5-7-9-21(26)28-3/h4,6,10-13,15,18-20,22-23,25,27H,5,7-9,14H2,1-3H3/b6-4-/t18-,19+,20+,22+,23?/m0/s1. The van der Waals surface area contributed by atoms with Crippen LogP contribution in [0.2, 0.25) is 0 Å². The zero-order chi connectivity index (χ0) is 20.7. The number of allylic oxidation sites excluding steroid dienone is 2. The average Bonchev–Trinajstić information content (AvgIpc) is 2.96. The van der Waals surface area contributed by atoms with Crippen molar-refractivity contribution in [1.82, 2.24) is 0 Å². The Balaban J connectivity index is 1.98. The Labute approximate surface area is 173 Å². The van der Waals surface area contributed by atoms with E-state index in [1.54, 1.807) is 0 Å². The molecule has 1 aromatic rings. The minimum atomic E-state index is -0.480. The van der Waals surface area contributed by atoms with Gasteiger partial charge in [-0.05, 0) is 48.6 Å². The van der Waals surface area contributed by atoms with Crippen molar-refractivity contribution in [1.29, 1.82) is 0 Å². The van der Waals surface area contributed by atoms with Crippen molar-refractivity contribution in [2.24, 2.45) is 11.8 Å². The summed E-state index contributed by atoms with van der Waals surface area (Å²) in [4.78, 5) is 11.1. The second-order valence-electron chi connectivity index (χ2n) is 8.04. The highest BCUT2D eigenvalue weighted by Crippen LogP contribution is 2.45. The molecule has 0 aromatic heterocycles. The quantitative estimate of drug-likeness (QED) is 0.268. The van der Waals surface area contributed by atoms with E-state index in [1.807, 2.05) is 38.1 Å². The molecule has 0 radical (unpaired) electrons. The number of esters is 1. The lowest BCUT2D eigenvalue weighted by Gasteiger charge is -2.24. The SMILES string of the molecule is COC(=O)CCC/C=C\C[C@@H]1[C@@H](c2ccc(C(O)C(C)C)cc2)[C@H](O)C[C@H]1Cl. The lowest BCUT2D eigenvalue weighted by atomic mass is 9.84. The van der Waals surface area contributed by atoms with E-state index in [9.17, 15) is 15.0 Å². The average molecular weight is 409 g/mol. The number of benzene rings is 1. The van der Waals surface area contributed by atoms with E-state index in [1.165, 1.54) is 7.11 Å². The number of halogens is 1. The molecule has 1 aromatic carbocycles. The first-order valence-electron chi connectivity index (χ1n) is 10.2. The van der Waals surface area contributed by atoms with E-state index in [0.717, 1.165) is 30.4 Å². The first-order chi connectivity index (χ1) is 13.3. The molecule has 1 unspecified atom stereocenters. The number of unbranched alkanes of at least 4 members (excludes halogenated alkanes) is 1. The van der Waals surface area contributed by atoms with Gasteiger partial charge < -0.3 is 14.9 Å². The molecule has 28 heavy (non-hydrogen) atoms. The molecule has 5 atom stereocenters. The lowest BCUT2D eigenvalue weighted by Crippen LogP contribution is -2.18. The first kappa shape index (κ1) is 22.9. The van der Waals surface area contributed by atoms with Gasteiger partial charge in [-0.2, -0.15) is 0 Å². The second-order valence-corrected chi connectivity index (χ2v) is 8.60. The minimum Gasteiger partial charge on any atom is -0.469 e. The summed E-state index contributed by atoms with van der Waals surface area (Å²) in [5, 5.41) is 20.7. The van der Waals surface area contributed by atoms with Gasteiger partial charge in [0.05, 0.1) is 19.3 Å². The van der Waals surface area contributed by atoms with Gasteiger partial charge in [0.2, 0.25) is 0 Å². The Hall–Kier alpha value is -1.36.